The summed E-state index contributed by atoms with van der Waals surface area (Å²) in [6.07, 6.45) is 8.50. The Kier molecular flexibility index (Phi) is 6.48. The van der Waals surface area contributed by atoms with Gasteiger partial charge in [-0.3, -0.25) is 4.72 Å². The van der Waals surface area contributed by atoms with Crippen LogP contribution in [0.3, 0.4) is 0 Å². The summed E-state index contributed by atoms with van der Waals surface area (Å²) < 4.78 is 3.36. The summed E-state index contributed by atoms with van der Waals surface area (Å²) in [5, 5.41) is 0. The van der Waals surface area contributed by atoms with E-state index in [1.807, 2.05) is 21.8 Å². The maximum Gasteiger partial charge on any atom is 0.00663 e. The van der Waals surface area contributed by atoms with E-state index in [1.54, 1.807) is 0 Å². The van der Waals surface area contributed by atoms with E-state index in [1.165, 1.54) is 50.8 Å². The van der Waals surface area contributed by atoms with E-state index in [4.69, 9.17) is 0 Å². The standard InChI is InChI=1S/C8H17NS2/c1-2-4-6-8-10-11-9-7-5-3-1/h9H,1-8H2. The van der Waals surface area contributed by atoms with Crippen molar-refractivity contribution in [2.24, 2.45) is 0 Å². The third-order valence-electron chi connectivity index (χ3n) is 1.87. The lowest BCUT2D eigenvalue weighted by Gasteiger charge is -1.99. The Balaban J connectivity index is 2.02. The molecule has 0 aromatic carbocycles. The molecule has 1 N–H and O–H groups in total. The van der Waals surface area contributed by atoms with E-state index in [2.05, 4.69) is 4.72 Å². The summed E-state index contributed by atoms with van der Waals surface area (Å²) in [4.78, 5) is 0. The summed E-state index contributed by atoms with van der Waals surface area (Å²) in [7, 11) is 3.79. The van der Waals surface area contributed by atoms with Gasteiger partial charge in [0.2, 0.25) is 0 Å². The first kappa shape index (κ1) is 9.75. The zero-order valence-corrected chi connectivity index (χ0v) is 8.61. The molecule has 0 spiro atoms. The maximum absolute atomic E-state index is 3.36. The summed E-state index contributed by atoms with van der Waals surface area (Å²) in [6.45, 7) is 1.19. The zero-order chi connectivity index (χ0) is 7.78. The molecule has 1 saturated heterocycles. The van der Waals surface area contributed by atoms with Gasteiger partial charge >= 0.3 is 0 Å². The molecular weight excluding hydrogens is 174 g/mol. The summed E-state index contributed by atoms with van der Waals surface area (Å²) in [6, 6.07) is 0. The molecule has 1 aliphatic heterocycles. The quantitative estimate of drug-likeness (QED) is 0.466. The maximum atomic E-state index is 3.36. The van der Waals surface area contributed by atoms with Gasteiger partial charge in [-0.15, -0.1) is 0 Å². The van der Waals surface area contributed by atoms with Crippen molar-refractivity contribution in [3.05, 3.63) is 0 Å². The fraction of sp³-hybridized carbons (Fsp3) is 1.00. The van der Waals surface area contributed by atoms with E-state index in [0.717, 1.165) is 0 Å². The van der Waals surface area contributed by atoms with E-state index in [0.29, 0.717) is 0 Å². The van der Waals surface area contributed by atoms with Crippen molar-refractivity contribution >= 4 is 21.8 Å². The van der Waals surface area contributed by atoms with Crippen LogP contribution < -0.4 is 4.72 Å². The largest absolute Gasteiger partial charge is 0.255 e. The number of rotatable bonds is 0. The summed E-state index contributed by atoms with van der Waals surface area (Å²) in [5.74, 6) is 1.32. The van der Waals surface area contributed by atoms with Crippen LogP contribution in [-0.2, 0) is 0 Å². The Labute approximate surface area is 77.6 Å². The Bertz CT molecular complexity index is 50.1. The third kappa shape index (κ3) is 5.88. The SMILES string of the molecule is C1CCCCSSNCCC1. The van der Waals surface area contributed by atoms with Crippen LogP contribution in [0.25, 0.3) is 0 Å². The highest BCUT2D eigenvalue weighted by atomic mass is 33.1. The molecule has 11 heavy (non-hydrogen) atoms. The molecule has 0 bridgehead atoms. The number of nitrogens with one attached hydrogen (secondary N) is 1. The van der Waals surface area contributed by atoms with E-state index in [-0.39, 0.29) is 0 Å². The highest BCUT2D eigenvalue weighted by molar-refractivity contribution is 8.76. The van der Waals surface area contributed by atoms with Crippen molar-refractivity contribution in [3.8, 4) is 0 Å². The molecule has 0 unspecified atom stereocenters. The van der Waals surface area contributed by atoms with Crippen molar-refractivity contribution < 1.29 is 0 Å². The summed E-state index contributed by atoms with van der Waals surface area (Å²) in [5.41, 5.74) is 0. The monoisotopic (exact) mass is 191 g/mol. The van der Waals surface area contributed by atoms with Crippen molar-refractivity contribution in [2.45, 2.75) is 38.5 Å². The molecule has 1 aliphatic rings. The molecule has 66 valence electrons. The van der Waals surface area contributed by atoms with Gasteiger partial charge in [0.05, 0.1) is 0 Å². The minimum atomic E-state index is 1.19. The van der Waals surface area contributed by atoms with Gasteiger partial charge in [0.15, 0.2) is 0 Å². The average Bonchev–Trinajstić information content (AvgIpc) is 2.08. The van der Waals surface area contributed by atoms with Crippen molar-refractivity contribution in [1.82, 2.24) is 4.72 Å². The van der Waals surface area contributed by atoms with Crippen LogP contribution >= 0.6 is 21.8 Å². The molecule has 3 heteroatoms. The molecule has 1 heterocycles. The second-order valence-electron chi connectivity index (χ2n) is 2.92. The predicted octanol–water partition coefficient (Wildman–Crippen LogP) is 3.23. The van der Waals surface area contributed by atoms with E-state index in [9.17, 15) is 0 Å². The Morgan fingerprint density at radius 1 is 0.818 bits per heavy atom. The van der Waals surface area contributed by atoms with E-state index >= 15 is 0 Å². The van der Waals surface area contributed by atoms with Crippen molar-refractivity contribution in [1.29, 1.82) is 0 Å². The van der Waals surface area contributed by atoms with Crippen molar-refractivity contribution in [2.75, 3.05) is 12.3 Å². The smallest absolute Gasteiger partial charge is 0.00663 e. The average molecular weight is 191 g/mol. The second kappa shape index (κ2) is 7.32. The van der Waals surface area contributed by atoms with Crippen LogP contribution in [0.1, 0.15) is 38.5 Å². The topological polar surface area (TPSA) is 12.0 Å². The van der Waals surface area contributed by atoms with Gasteiger partial charge in [0.25, 0.3) is 0 Å². The van der Waals surface area contributed by atoms with Crippen LogP contribution in [0, 0.1) is 0 Å². The lowest BCUT2D eigenvalue weighted by atomic mass is 10.1. The van der Waals surface area contributed by atoms with Gasteiger partial charge in [0.1, 0.15) is 0 Å². The Hall–Kier alpha value is 0.660. The van der Waals surface area contributed by atoms with Crippen LogP contribution in [0.2, 0.25) is 0 Å². The fourth-order valence-corrected chi connectivity index (χ4v) is 3.01. The molecule has 1 rings (SSSR count). The van der Waals surface area contributed by atoms with Gasteiger partial charge in [-0.2, -0.15) is 0 Å². The van der Waals surface area contributed by atoms with Crippen LogP contribution in [0.4, 0.5) is 0 Å². The minimum Gasteiger partial charge on any atom is -0.255 e. The first-order valence-electron chi connectivity index (χ1n) is 4.51. The van der Waals surface area contributed by atoms with Gasteiger partial charge in [-0.25, -0.2) is 0 Å². The first-order chi connectivity index (χ1) is 5.50. The van der Waals surface area contributed by atoms with Crippen LogP contribution in [0.5, 0.6) is 0 Å². The molecule has 0 amide bonds. The Morgan fingerprint density at radius 3 is 2.45 bits per heavy atom. The molecule has 0 aromatic heterocycles. The van der Waals surface area contributed by atoms with Gasteiger partial charge in [-0.05, 0) is 23.8 Å². The molecule has 0 atom stereocenters. The second-order valence-corrected chi connectivity index (χ2v) is 5.23. The molecule has 0 aliphatic carbocycles. The summed E-state index contributed by atoms with van der Waals surface area (Å²) >= 11 is 0. The van der Waals surface area contributed by atoms with E-state index < -0.39 is 0 Å². The number of hydrogen-bond donors (Lipinski definition) is 1. The molecular formula is C8H17NS2. The normalized spacial score (nSPS) is 24.0. The Morgan fingerprint density at radius 2 is 1.55 bits per heavy atom. The highest BCUT2D eigenvalue weighted by Gasteiger charge is 1.95. The third-order valence-corrected chi connectivity index (χ3v) is 3.98. The lowest BCUT2D eigenvalue weighted by molar-refractivity contribution is 0.609. The first-order valence-corrected chi connectivity index (χ1v) is 6.83. The highest BCUT2D eigenvalue weighted by Crippen LogP contribution is 2.20. The van der Waals surface area contributed by atoms with Gasteiger partial charge < -0.3 is 0 Å². The number of hydrogen-bond acceptors (Lipinski definition) is 3. The molecule has 0 aromatic rings. The van der Waals surface area contributed by atoms with Crippen LogP contribution in [-0.4, -0.2) is 12.3 Å². The molecule has 0 radical (unpaired) electrons. The van der Waals surface area contributed by atoms with Gasteiger partial charge in [0, 0.05) is 12.3 Å². The fourth-order valence-electron chi connectivity index (χ4n) is 1.19. The van der Waals surface area contributed by atoms with Gasteiger partial charge in [-0.1, -0.05) is 36.5 Å². The lowest BCUT2D eigenvalue weighted by Crippen LogP contribution is -2.03. The van der Waals surface area contributed by atoms with Crippen LogP contribution in [0.15, 0.2) is 0 Å². The predicted molar refractivity (Wildman–Crippen MR) is 55.8 cm³/mol. The molecule has 0 saturated carbocycles. The van der Waals surface area contributed by atoms with Crippen molar-refractivity contribution in [3.63, 3.8) is 0 Å². The zero-order valence-electron chi connectivity index (χ0n) is 6.97. The molecule has 1 fully saturated rings. The molecule has 1 nitrogen and oxygen atoms in total. The minimum absolute atomic E-state index is 1.19.